The van der Waals surface area contributed by atoms with Crippen LogP contribution >= 0.6 is 11.3 Å². The Hall–Kier alpha value is -2.41. The fourth-order valence-corrected chi connectivity index (χ4v) is 3.41. The van der Waals surface area contributed by atoms with Crippen molar-refractivity contribution in [3.8, 4) is 5.69 Å². The first-order valence-electron chi connectivity index (χ1n) is 7.62. The van der Waals surface area contributed by atoms with Gasteiger partial charge in [0.15, 0.2) is 0 Å². The molecule has 0 saturated carbocycles. The van der Waals surface area contributed by atoms with Crippen molar-refractivity contribution < 1.29 is 19.1 Å². The minimum absolute atomic E-state index is 0.299. The van der Waals surface area contributed by atoms with Gasteiger partial charge in [-0.05, 0) is 37.8 Å². The highest BCUT2D eigenvalue weighted by Crippen LogP contribution is 2.27. The number of ether oxygens (including phenoxy) is 1. The third-order valence-corrected chi connectivity index (χ3v) is 4.84. The number of nitrogens with zero attached hydrogens (tertiary/aromatic N) is 2. The quantitative estimate of drug-likeness (QED) is 0.457. The summed E-state index contributed by atoms with van der Waals surface area (Å²) in [7, 11) is 1.33. The average Bonchev–Trinajstić information content (AvgIpc) is 3.20. The van der Waals surface area contributed by atoms with Crippen LogP contribution in [0.2, 0.25) is 0 Å². The predicted octanol–water partition coefficient (Wildman–Crippen LogP) is 2.68. The lowest BCUT2D eigenvalue weighted by molar-refractivity contribution is -0.126. The molecule has 2 rings (SSSR count). The minimum atomic E-state index is -0.551. The van der Waals surface area contributed by atoms with Crippen molar-refractivity contribution in [3.63, 3.8) is 0 Å². The summed E-state index contributed by atoms with van der Waals surface area (Å²) in [4.78, 5) is 38.4. The number of hydrogen-bond acceptors (Lipinski definition) is 5. The molecule has 7 heteroatoms. The molecule has 0 saturated heterocycles. The Morgan fingerprint density at radius 2 is 1.92 bits per heavy atom. The zero-order valence-electron chi connectivity index (χ0n) is 14.2. The van der Waals surface area contributed by atoms with E-state index in [0.29, 0.717) is 29.2 Å². The van der Waals surface area contributed by atoms with E-state index in [1.54, 1.807) is 23.0 Å². The van der Waals surface area contributed by atoms with Crippen LogP contribution in [0.4, 0.5) is 0 Å². The molecule has 0 unspecified atom stereocenters. The second-order valence-corrected chi connectivity index (χ2v) is 6.08. The van der Waals surface area contributed by atoms with Crippen LogP contribution in [0, 0.1) is 6.92 Å². The summed E-state index contributed by atoms with van der Waals surface area (Å²) in [5.74, 6) is -1.50. The number of amides is 1. The number of methoxy groups -OCH3 is 1. The first-order chi connectivity index (χ1) is 11.4. The third kappa shape index (κ3) is 3.26. The first kappa shape index (κ1) is 17.9. The van der Waals surface area contributed by atoms with Gasteiger partial charge in [0.1, 0.15) is 4.88 Å². The molecule has 0 bridgehead atoms. The van der Waals surface area contributed by atoms with E-state index in [9.17, 15) is 14.4 Å². The van der Waals surface area contributed by atoms with Gasteiger partial charge in [-0.15, -0.1) is 11.3 Å². The molecule has 0 aliphatic heterocycles. The van der Waals surface area contributed by atoms with Crippen LogP contribution < -0.4 is 0 Å². The Kier molecular flexibility index (Phi) is 5.56. The summed E-state index contributed by atoms with van der Waals surface area (Å²) >= 11 is 1.28. The number of carbonyl (C=O) groups is 3. The number of aryl methyl sites for hydroxylation is 1. The third-order valence-electron chi connectivity index (χ3n) is 3.77. The van der Waals surface area contributed by atoms with Crippen LogP contribution in [0.3, 0.4) is 0 Å². The molecular formula is C17H20N2O4S. The van der Waals surface area contributed by atoms with E-state index in [-0.39, 0.29) is 0 Å². The number of carbonyl (C=O) groups excluding carboxylic acids is 3. The molecule has 6 nitrogen and oxygen atoms in total. The summed E-state index contributed by atoms with van der Waals surface area (Å²) in [5, 5.41) is 1.85. The highest BCUT2D eigenvalue weighted by molar-refractivity contribution is 7.12. The Morgan fingerprint density at radius 1 is 1.25 bits per heavy atom. The molecular weight excluding hydrogens is 328 g/mol. The summed E-state index contributed by atoms with van der Waals surface area (Å²) in [6, 6.07) is 1.59. The van der Waals surface area contributed by atoms with Crippen LogP contribution in [-0.2, 0) is 9.53 Å². The van der Waals surface area contributed by atoms with Crippen LogP contribution in [0.15, 0.2) is 23.8 Å². The fourth-order valence-electron chi connectivity index (χ4n) is 2.44. The molecule has 0 atom stereocenters. The van der Waals surface area contributed by atoms with Crippen molar-refractivity contribution in [2.24, 2.45) is 0 Å². The maximum atomic E-state index is 12.4. The molecule has 0 N–H and O–H groups in total. The zero-order valence-corrected chi connectivity index (χ0v) is 15.0. The number of rotatable bonds is 6. The molecule has 2 heterocycles. The van der Waals surface area contributed by atoms with E-state index in [2.05, 4.69) is 0 Å². The van der Waals surface area contributed by atoms with Crippen molar-refractivity contribution in [2.45, 2.75) is 20.8 Å². The lowest BCUT2D eigenvalue weighted by Crippen LogP contribution is -2.36. The standard InChI is InChI=1S/C17H20N2O4S/c1-5-18(6-2)16(21)14(20)12-7-8-19(9-12)13-11(3)10-24-15(13)17(22)23-4/h7-10H,5-6H2,1-4H3. The van der Waals surface area contributed by atoms with Gasteiger partial charge in [0.05, 0.1) is 12.8 Å². The van der Waals surface area contributed by atoms with Gasteiger partial charge in [-0.2, -0.15) is 0 Å². The molecule has 24 heavy (non-hydrogen) atoms. The van der Waals surface area contributed by atoms with Gasteiger partial charge in [-0.1, -0.05) is 0 Å². The van der Waals surface area contributed by atoms with Crippen LogP contribution in [0.5, 0.6) is 0 Å². The van der Waals surface area contributed by atoms with Crippen molar-refractivity contribution in [3.05, 3.63) is 39.8 Å². The molecule has 0 aromatic carbocycles. The molecule has 0 radical (unpaired) electrons. The molecule has 1 amide bonds. The second kappa shape index (κ2) is 7.44. The van der Waals surface area contributed by atoms with E-state index in [1.807, 2.05) is 26.2 Å². The predicted molar refractivity (Wildman–Crippen MR) is 92.0 cm³/mol. The Morgan fingerprint density at radius 3 is 2.50 bits per heavy atom. The fraction of sp³-hybridized carbons (Fsp3) is 0.353. The highest BCUT2D eigenvalue weighted by atomic mass is 32.1. The van der Waals surface area contributed by atoms with E-state index in [0.717, 1.165) is 5.56 Å². The number of aromatic nitrogens is 1. The Labute approximate surface area is 144 Å². The van der Waals surface area contributed by atoms with Gasteiger partial charge in [0, 0.05) is 31.0 Å². The van der Waals surface area contributed by atoms with Gasteiger partial charge in [-0.3, -0.25) is 9.59 Å². The van der Waals surface area contributed by atoms with E-state index in [4.69, 9.17) is 4.74 Å². The Bertz CT molecular complexity index is 771. The lowest BCUT2D eigenvalue weighted by Gasteiger charge is -2.16. The largest absolute Gasteiger partial charge is 0.465 e. The number of hydrogen-bond donors (Lipinski definition) is 0. The van der Waals surface area contributed by atoms with E-state index < -0.39 is 17.7 Å². The minimum Gasteiger partial charge on any atom is -0.465 e. The van der Waals surface area contributed by atoms with Crippen LogP contribution in [0.25, 0.3) is 5.69 Å². The summed E-state index contributed by atoms with van der Waals surface area (Å²) in [5.41, 5.74) is 1.86. The molecule has 0 spiro atoms. The van der Waals surface area contributed by atoms with Crippen molar-refractivity contribution in [1.29, 1.82) is 0 Å². The van der Waals surface area contributed by atoms with Crippen molar-refractivity contribution >= 4 is 29.0 Å². The van der Waals surface area contributed by atoms with Gasteiger partial charge in [-0.25, -0.2) is 4.79 Å². The summed E-state index contributed by atoms with van der Waals surface area (Å²) in [6.07, 6.45) is 3.25. The lowest BCUT2D eigenvalue weighted by atomic mass is 10.2. The maximum Gasteiger partial charge on any atom is 0.350 e. The smallest absolute Gasteiger partial charge is 0.350 e. The molecule has 128 valence electrons. The molecule has 0 fully saturated rings. The molecule has 2 aromatic rings. The molecule has 2 aromatic heterocycles. The summed E-state index contributed by atoms with van der Waals surface area (Å²) < 4.78 is 6.48. The van der Waals surface area contributed by atoms with Gasteiger partial charge < -0.3 is 14.2 Å². The van der Waals surface area contributed by atoms with Crippen LogP contribution in [0.1, 0.15) is 39.4 Å². The van der Waals surface area contributed by atoms with Crippen molar-refractivity contribution in [1.82, 2.24) is 9.47 Å². The zero-order chi connectivity index (χ0) is 17.9. The van der Waals surface area contributed by atoms with Gasteiger partial charge in [0.25, 0.3) is 11.7 Å². The summed E-state index contributed by atoms with van der Waals surface area (Å²) in [6.45, 7) is 6.51. The monoisotopic (exact) mass is 348 g/mol. The number of esters is 1. The normalized spacial score (nSPS) is 10.5. The number of thiophene rings is 1. The maximum absolute atomic E-state index is 12.4. The SMILES string of the molecule is CCN(CC)C(=O)C(=O)c1ccn(-c2c(C)csc2C(=O)OC)c1. The van der Waals surface area contributed by atoms with Gasteiger partial charge >= 0.3 is 5.97 Å². The Balaban J connectivity index is 2.35. The second-order valence-electron chi connectivity index (χ2n) is 5.20. The van der Waals surface area contributed by atoms with Gasteiger partial charge in [0.2, 0.25) is 0 Å². The first-order valence-corrected chi connectivity index (χ1v) is 8.50. The van der Waals surface area contributed by atoms with E-state index >= 15 is 0 Å². The molecule has 0 aliphatic carbocycles. The van der Waals surface area contributed by atoms with Crippen LogP contribution in [-0.4, -0.2) is 47.3 Å². The average molecular weight is 348 g/mol. The number of ketones is 1. The van der Waals surface area contributed by atoms with E-state index in [1.165, 1.54) is 23.3 Å². The van der Waals surface area contributed by atoms with Crippen molar-refractivity contribution in [2.75, 3.05) is 20.2 Å². The number of likely N-dealkylation sites (N-methyl/N-ethyl adjacent to an activating group) is 1. The number of Topliss-reactive ketones (excluding diaryl/α,β-unsaturated/α-hetero) is 1. The molecule has 0 aliphatic rings. The topological polar surface area (TPSA) is 68.6 Å². The highest BCUT2D eigenvalue weighted by Gasteiger charge is 2.23.